The zero-order valence-corrected chi connectivity index (χ0v) is 15.2. The molecule has 3 rings (SSSR count). The van der Waals surface area contributed by atoms with E-state index in [2.05, 4.69) is 39.8 Å². The molecule has 1 aliphatic carbocycles. The van der Waals surface area contributed by atoms with Gasteiger partial charge in [-0.25, -0.2) is 4.79 Å². The third kappa shape index (κ3) is 3.35. The zero-order chi connectivity index (χ0) is 17.3. The van der Waals surface area contributed by atoms with E-state index in [1.807, 2.05) is 24.4 Å². The molecule has 2 aromatic rings. The Hall–Kier alpha value is -1.77. The second kappa shape index (κ2) is 7.00. The van der Waals surface area contributed by atoms with Gasteiger partial charge in [-0.1, -0.05) is 57.5 Å². The number of oxazole rings is 1. The molecule has 4 atom stereocenters. The van der Waals surface area contributed by atoms with Crippen molar-refractivity contribution < 1.29 is 4.42 Å². The molecular formula is C21H29NO2. The highest BCUT2D eigenvalue weighted by atomic mass is 16.4. The van der Waals surface area contributed by atoms with Gasteiger partial charge in [0.25, 0.3) is 0 Å². The Morgan fingerprint density at radius 3 is 2.50 bits per heavy atom. The Labute approximate surface area is 144 Å². The molecule has 0 radical (unpaired) electrons. The van der Waals surface area contributed by atoms with Crippen LogP contribution < -0.4 is 5.76 Å². The van der Waals surface area contributed by atoms with E-state index in [1.165, 1.54) is 12.8 Å². The van der Waals surface area contributed by atoms with Crippen LogP contribution in [-0.2, 0) is 0 Å². The minimum absolute atomic E-state index is 0.00489. The number of benzene rings is 1. The molecule has 0 aliphatic heterocycles. The molecule has 1 fully saturated rings. The molecule has 4 unspecified atom stereocenters. The molecule has 3 heteroatoms. The molecule has 1 saturated carbocycles. The van der Waals surface area contributed by atoms with Crippen LogP contribution in [0.4, 0.5) is 0 Å². The highest BCUT2D eigenvalue weighted by Crippen LogP contribution is 2.43. The van der Waals surface area contributed by atoms with Crippen molar-refractivity contribution in [1.29, 1.82) is 0 Å². The number of hydrogen-bond acceptors (Lipinski definition) is 2. The van der Waals surface area contributed by atoms with Gasteiger partial charge < -0.3 is 4.42 Å². The number of nitrogens with zero attached hydrogens (tertiary/aromatic N) is 1. The van der Waals surface area contributed by atoms with E-state index in [0.717, 1.165) is 17.7 Å². The summed E-state index contributed by atoms with van der Waals surface area (Å²) in [6, 6.07) is 10.1. The Morgan fingerprint density at radius 2 is 1.83 bits per heavy atom. The Bertz CT molecular complexity index is 713. The molecule has 1 aliphatic rings. The lowest BCUT2D eigenvalue weighted by atomic mass is 9.69. The lowest BCUT2D eigenvalue weighted by Crippen LogP contribution is -2.25. The second-order valence-electron chi connectivity index (χ2n) is 7.83. The van der Waals surface area contributed by atoms with Crippen LogP contribution in [0, 0.1) is 17.8 Å². The SMILES string of the molecule is CC1CCC(C(C)C)C(c2cn(C(C)c3ccccc3)c(=O)o2)C1. The fraction of sp³-hybridized carbons (Fsp3) is 0.571. The van der Waals surface area contributed by atoms with Crippen LogP contribution in [-0.4, -0.2) is 4.57 Å². The van der Waals surface area contributed by atoms with Gasteiger partial charge in [-0.15, -0.1) is 0 Å². The van der Waals surface area contributed by atoms with Crippen LogP contribution in [0.5, 0.6) is 0 Å². The normalized spacial score (nSPS) is 25.8. The van der Waals surface area contributed by atoms with E-state index in [9.17, 15) is 4.79 Å². The van der Waals surface area contributed by atoms with E-state index in [-0.39, 0.29) is 11.8 Å². The molecule has 1 aromatic heterocycles. The van der Waals surface area contributed by atoms with Gasteiger partial charge in [0.15, 0.2) is 0 Å². The summed E-state index contributed by atoms with van der Waals surface area (Å²) in [5.74, 6) is 2.93. The molecular weight excluding hydrogens is 298 g/mol. The van der Waals surface area contributed by atoms with Crippen molar-refractivity contribution in [3.8, 4) is 0 Å². The average Bonchev–Trinajstić information content (AvgIpc) is 2.96. The maximum Gasteiger partial charge on any atom is 0.419 e. The Morgan fingerprint density at radius 1 is 1.12 bits per heavy atom. The molecule has 130 valence electrons. The van der Waals surface area contributed by atoms with Gasteiger partial charge in [-0.2, -0.15) is 0 Å². The third-order valence-corrected chi connectivity index (χ3v) is 5.77. The molecule has 0 saturated heterocycles. The summed E-state index contributed by atoms with van der Waals surface area (Å²) in [6.07, 6.45) is 5.60. The summed E-state index contributed by atoms with van der Waals surface area (Å²) in [7, 11) is 0. The van der Waals surface area contributed by atoms with Crippen LogP contribution >= 0.6 is 0 Å². The van der Waals surface area contributed by atoms with Gasteiger partial charge in [0, 0.05) is 12.1 Å². The first-order chi connectivity index (χ1) is 11.5. The summed E-state index contributed by atoms with van der Waals surface area (Å²) in [5, 5.41) is 0. The van der Waals surface area contributed by atoms with Crippen LogP contribution in [0.15, 0.2) is 45.7 Å². The van der Waals surface area contributed by atoms with Crippen molar-refractivity contribution in [1.82, 2.24) is 4.57 Å². The topological polar surface area (TPSA) is 35.1 Å². The lowest BCUT2D eigenvalue weighted by molar-refractivity contribution is 0.177. The van der Waals surface area contributed by atoms with Crippen molar-refractivity contribution in [3.05, 3.63) is 58.4 Å². The second-order valence-corrected chi connectivity index (χ2v) is 7.83. The molecule has 24 heavy (non-hydrogen) atoms. The van der Waals surface area contributed by atoms with E-state index < -0.39 is 0 Å². The Kier molecular flexibility index (Phi) is 4.98. The van der Waals surface area contributed by atoms with E-state index >= 15 is 0 Å². The molecule has 0 N–H and O–H groups in total. The molecule has 1 aromatic carbocycles. The number of rotatable bonds is 4. The highest BCUT2D eigenvalue weighted by molar-refractivity contribution is 5.20. The highest BCUT2D eigenvalue weighted by Gasteiger charge is 2.34. The monoisotopic (exact) mass is 327 g/mol. The lowest BCUT2D eigenvalue weighted by Gasteiger charge is -2.36. The minimum Gasteiger partial charge on any atom is -0.413 e. The van der Waals surface area contributed by atoms with Gasteiger partial charge in [-0.05, 0) is 43.1 Å². The van der Waals surface area contributed by atoms with Crippen LogP contribution in [0.25, 0.3) is 0 Å². The zero-order valence-electron chi connectivity index (χ0n) is 15.2. The predicted octanol–water partition coefficient (Wildman–Crippen LogP) is 5.23. The van der Waals surface area contributed by atoms with Crippen LogP contribution in [0.1, 0.15) is 70.2 Å². The summed E-state index contributed by atoms with van der Waals surface area (Å²) in [5.41, 5.74) is 1.13. The van der Waals surface area contributed by atoms with Crippen molar-refractivity contribution in [3.63, 3.8) is 0 Å². The summed E-state index contributed by atoms with van der Waals surface area (Å²) < 4.78 is 7.48. The third-order valence-electron chi connectivity index (χ3n) is 5.77. The van der Waals surface area contributed by atoms with Gasteiger partial charge >= 0.3 is 5.76 Å². The fourth-order valence-corrected chi connectivity index (χ4v) is 4.23. The van der Waals surface area contributed by atoms with E-state index in [0.29, 0.717) is 23.7 Å². The smallest absolute Gasteiger partial charge is 0.413 e. The van der Waals surface area contributed by atoms with Crippen molar-refractivity contribution >= 4 is 0 Å². The Balaban J connectivity index is 1.91. The molecule has 1 heterocycles. The van der Waals surface area contributed by atoms with Crippen molar-refractivity contribution in [2.75, 3.05) is 0 Å². The van der Waals surface area contributed by atoms with E-state index in [4.69, 9.17) is 4.42 Å². The van der Waals surface area contributed by atoms with Gasteiger partial charge in [-0.3, -0.25) is 4.57 Å². The van der Waals surface area contributed by atoms with Crippen molar-refractivity contribution in [2.45, 2.75) is 58.9 Å². The average molecular weight is 327 g/mol. The van der Waals surface area contributed by atoms with Crippen molar-refractivity contribution in [2.24, 2.45) is 17.8 Å². The first-order valence-electron chi connectivity index (χ1n) is 9.24. The standard InChI is InChI=1S/C21H29NO2/c1-14(2)18-11-10-15(3)12-19(18)20-13-22(21(23)24-20)16(4)17-8-6-5-7-9-17/h5-9,13-16,18-19H,10-12H2,1-4H3. The first-order valence-corrected chi connectivity index (χ1v) is 9.24. The van der Waals surface area contributed by atoms with Crippen LogP contribution in [0.2, 0.25) is 0 Å². The van der Waals surface area contributed by atoms with E-state index in [1.54, 1.807) is 4.57 Å². The van der Waals surface area contributed by atoms with Gasteiger partial charge in [0.1, 0.15) is 5.76 Å². The predicted molar refractivity (Wildman–Crippen MR) is 97.3 cm³/mol. The quantitative estimate of drug-likeness (QED) is 0.771. The molecule has 3 nitrogen and oxygen atoms in total. The summed E-state index contributed by atoms with van der Waals surface area (Å²) in [6.45, 7) is 8.94. The van der Waals surface area contributed by atoms with Gasteiger partial charge in [0.05, 0.1) is 6.04 Å². The molecule has 0 amide bonds. The maximum absolute atomic E-state index is 12.5. The summed E-state index contributed by atoms with van der Waals surface area (Å²) >= 11 is 0. The number of aromatic nitrogens is 1. The minimum atomic E-state index is -0.234. The number of hydrogen-bond donors (Lipinski definition) is 0. The molecule has 0 bridgehead atoms. The van der Waals surface area contributed by atoms with Gasteiger partial charge in [0.2, 0.25) is 0 Å². The van der Waals surface area contributed by atoms with Crippen LogP contribution in [0.3, 0.4) is 0 Å². The molecule has 0 spiro atoms. The fourth-order valence-electron chi connectivity index (χ4n) is 4.23. The first kappa shape index (κ1) is 17.1. The largest absolute Gasteiger partial charge is 0.419 e. The maximum atomic E-state index is 12.5. The summed E-state index contributed by atoms with van der Waals surface area (Å²) in [4.78, 5) is 12.5.